The molecule has 1 unspecified atom stereocenters. The first-order chi connectivity index (χ1) is 12.5. The number of hydrogen-bond acceptors (Lipinski definition) is 7. The summed E-state index contributed by atoms with van der Waals surface area (Å²) in [4.78, 5) is 23.7. The molecule has 1 fully saturated rings. The third-order valence-corrected chi connectivity index (χ3v) is 4.54. The van der Waals surface area contributed by atoms with Crippen LogP contribution in [0.2, 0.25) is 0 Å². The van der Waals surface area contributed by atoms with Crippen LogP contribution < -0.4 is 10.2 Å². The summed E-state index contributed by atoms with van der Waals surface area (Å²) in [5.74, 6) is 1.74. The van der Waals surface area contributed by atoms with Gasteiger partial charge < -0.3 is 10.2 Å². The minimum atomic E-state index is -0.422. The molecule has 0 saturated carbocycles. The molecule has 3 heterocycles. The van der Waals surface area contributed by atoms with Crippen molar-refractivity contribution in [2.75, 3.05) is 42.9 Å². The van der Waals surface area contributed by atoms with Gasteiger partial charge in [-0.05, 0) is 31.5 Å². The molecule has 3 rings (SSSR count). The Balaban J connectivity index is 1.50. The molecule has 1 aliphatic heterocycles. The van der Waals surface area contributed by atoms with E-state index in [2.05, 4.69) is 32.0 Å². The molecule has 0 spiro atoms. The van der Waals surface area contributed by atoms with Gasteiger partial charge in [0.15, 0.2) is 0 Å². The molecule has 0 bridgehead atoms. The molecular weight excluding hydrogens is 332 g/mol. The highest BCUT2D eigenvalue weighted by Crippen LogP contribution is 2.19. The van der Waals surface area contributed by atoms with Gasteiger partial charge in [-0.25, -0.2) is 9.97 Å². The van der Waals surface area contributed by atoms with Gasteiger partial charge in [0.1, 0.15) is 17.8 Å². The number of aryl methyl sites for hydroxylation is 1. The minimum Gasteiger partial charge on any atom is -0.366 e. The van der Waals surface area contributed by atoms with Crippen LogP contribution in [0.25, 0.3) is 0 Å². The highest BCUT2D eigenvalue weighted by atomic mass is 16.6. The Morgan fingerprint density at radius 2 is 2.04 bits per heavy atom. The molecule has 8 nitrogen and oxygen atoms in total. The van der Waals surface area contributed by atoms with E-state index in [1.807, 2.05) is 31.3 Å². The lowest BCUT2D eigenvalue weighted by Gasteiger charge is -2.36. The van der Waals surface area contributed by atoms with Gasteiger partial charge in [-0.1, -0.05) is 6.07 Å². The van der Waals surface area contributed by atoms with E-state index in [1.54, 1.807) is 6.07 Å². The van der Waals surface area contributed by atoms with Crippen LogP contribution in [0.1, 0.15) is 12.5 Å². The van der Waals surface area contributed by atoms with Crippen molar-refractivity contribution >= 4 is 17.3 Å². The number of aromatic nitrogens is 2. The highest BCUT2D eigenvalue weighted by Gasteiger charge is 2.20. The summed E-state index contributed by atoms with van der Waals surface area (Å²) in [5.41, 5.74) is 0.803. The van der Waals surface area contributed by atoms with Crippen molar-refractivity contribution in [1.82, 2.24) is 14.9 Å². The predicted molar refractivity (Wildman–Crippen MR) is 102 cm³/mol. The van der Waals surface area contributed by atoms with E-state index >= 15 is 0 Å². The van der Waals surface area contributed by atoms with Gasteiger partial charge >= 0.3 is 0 Å². The fourth-order valence-corrected chi connectivity index (χ4v) is 3.18. The molecule has 1 aliphatic rings. The average molecular weight is 356 g/mol. The molecule has 2 aromatic rings. The standard InChI is InChI=1S/C18H24N6O2/c1-14-11-16(24(25)26)12-20-18(14)21-15(2)13-22-7-9-23(10-8-22)17-5-3-4-6-19-17/h3-6,11-12,15H,7-10,13H2,1-2H3,(H,20,21). The van der Waals surface area contributed by atoms with E-state index < -0.39 is 4.92 Å². The van der Waals surface area contributed by atoms with Crippen molar-refractivity contribution in [2.45, 2.75) is 19.9 Å². The smallest absolute Gasteiger partial charge is 0.287 e. The lowest BCUT2D eigenvalue weighted by atomic mass is 10.2. The van der Waals surface area contributed by atoms with Crippen molar-refractivity contribution in [3.8, 4) is 0 Å². The van der Waals surface area contributed by atoms with E-state index in [9.17, 15) is 10.1 Å². The van der Waals surface area contributed by atoms with Crippen LogP contribution in [0.3, 0.4) is 0 Å². The summed E-state index contributed by atoms with van der Waals surface area (Å²) in [6.07, 6.45) is 3.13. The highest BCUT2D eigenvalue weighted by molar-refractivity contribution is 5.48. The van der Waals surface area contributed by atoms with Crippen molar-refractivity contribution < 1.29 is 4.92 Å². The minimum absolute atomic E-state index is 0.0198. The number of nitrogens with one attached hydrogen (secondary N) is 1. The Bertz CT molecular complexity index is 747. The Labute approximate surface area is 153 Å². The zero-order valence-electron chi connectivity index (χ0n) is 15.1. The number of rotatable bonds is 6. The fourth-order valence-electron chi connectivity index (χ4n) is 3.18. The zero-order chi connectivity index (χ0) is 18.5. The summed E-state index contributed by atoms with van der Waals surface area (Å²) in [5, 5.41) is 14.2. The van der Waals surface area contributed by atoms with E-state index in [0.29, 0.717) is 5.82 Å². The first-order valence-electron chi connectivity index (χ1n) is 8.79. The first-order valence-corrected chi connectivity index (χ1v) is 8.79. The van der Waals surface area contributed by atoms with Gasteiger partial charge in [0.05, 0.1) is 4.92 Å². The van der Waals surface area contributed by atoms with Crippen LogP contribution in [0.4, 0.5) is 17.3 Å². The second kappa shape index (κ2) is 8.09. The van der Waals surface area contributed by atoms with E-state index in [4.69, 9.17) is 0 Å². The first kappa shape index (κ1) is 18.1. The summed E-state index contributed by atoms with van der Waals surface area (Å²) >= 11 is 0. The van der Waals surface area contributed by atoms with Crippen LogP contribution >= 0.6 is 0 Å². The number of pyridine rings is 2. The molecule has 2 aromatic heterocycles. The molecule has 0 aromatic carbocycles. The summed E-state index contributed by atoms with van der Waals surface area (Å²) in [6.45, 7) is 8.71. The van der Waals surface area contributed by atoms with Crippen LogP contribution in [-0.2, 0) is 0 Å². The number of piperazine rings is 1. The van der Waals surface area contributed by atoms with Gasteiger partial charge in [0, 0.05) is 51.0 Å². The quantitative estimate of drug-likeness (QED) is 0.628. The molecule has 0 radical (unpaired) electrons. The Morgan fingerprint density at radius 3 is 2.65 bits per heavy atom. The molecule has 1 atom stereocenters. The molecule has 0 aliphatic carbocycles. The maximum absolute atomic E-state index is 10.8. The van der Waals surface area contributed by atoms with Gasteiger partial charge in [0.2, 0.25) is 0 Å². The van der Waals surface area contributed by atoms with E-state index in [0.717, 1.165) is 44.1 Å². The molecule has 26 heavy (non-hydrogen) atoms. The van der Waals surface area contributed by atoms with Gasteiger partial charge in [-0.2, -0.15) is 0 Å². The second-order valence-electron chi connectivity index (χ2n) is 6.64. The van der Waals surface area contributed by atoms with Crippen LogP contribution in [0.15, 0.2) is 36.7 Å². The average Bonchev–Trinajstić information content (AvgIpc) is 2.64. The lowest BCUT2D eigenvalue weighted by molar-refractivity contribution is -0.385. The molecule has 8 heteroatoms. The normalized spacial score (nSPS) is 16.3. The molecular formula is C18H24N6O2. The van der Waals surface area contributed by atoms with Crippen molar-refractivity contribution in [3.63, 3.8) is 0 Å². The second-order valence-corrected chi connectivity index (χ2v) is 6.64. The van der Waals surface area contributed by atoms with Crippen LogP contribution in [0, 0.1) is 17.0 Å². The largest absolute Gasteiger partial charge is 0.366 e. The summed E-state index contributed by atoms with van der Waals surface area (Å²) in [7, 11) is 0. The fraction of sp³-hybridized carbons (Fsp3) is 0.444. The molecule has 1 N–H and O–H groups in total. The van der Waals surface area contributed by atoms with Crippen molar-refractivity contribution in [1.29, 1.82) is 0 Å². The lowest BCUT2D eigenvalue weighted by Crippen LogP contribution is -2.49. The Morgan fingerprint density at radius 1 is 1.27 bits per heavy atom. The van der Waals surface area contributed by atoms with E-state index in [-0.39, 0.29) is 11.7 Å². The Hall–Kier alpha value is -2.74. The molecule has 1 saturated heterocycles. The molecule has 138 valence electrons. The predicted octanol–water partition coefficient (Wildman–Crippen LogP) is 2.32. The number of anilines is 2. The number of hydrogen-bond donors (Lipinski definition) is 1. The van der Waals surface area contributed by atoms with Crippen LogP contribution in [0.5, 0.6) is 0 Å². The van der Waals surface area contributed by atoms with E-state index in [1.165, 1.54) is 6.20 Å². The maximum atomic E-state index is 10.8. The van der Waals surface area contributed by atoms with Gasteiger partial charge in [0.25, 0.3) is 5.69 Å². The monoisotopic (exact) mass is 356 g/mol. The zero-order valence-corrected chi connectivity index (χ0v) is 15.1. The maximum Gasteiger partial charge on any atom is 0.287 e. The SMILES string of the molecule is Cc1cc([N+](=O)[O-])cnc1NC(C)CN1CCN(c2ccccn2)CC1. The van der Waals surface area contributed by atoms with Crippen molar-refractivity contribution in [2.24, 2.45) is 0 Å². The van der Waals surface area contributed by atoms with Crippen molar-refractivity contribution in [3.05, 3.63) is 52.3 Å². The summed E-state index contributed by atoms with van der Waals surface area (Å²) < 4.78 is 0. The molecule has 0 amide bonds. The Kier molecular flexibility index (Phi) is 5.62. The topological polar surface area (TPSA) is 87.4 Å². The summed E-state index contributed by atoms with van der Waals surface area (Å²) in [6, 6.07) is 7.74. The van der Waals surface area contributed by atoms with Gasteiger partial charge in [-0.15, -0.1) is 0 Å². The number of nitro groups is 1. The number of nitrogens with zero attached hydrogens (tertiary/aromatic N) is 5. The third kappa shape index (κ3) is 4.45. The van der Waals surface area contributed by atoms with Crippen LogP contribution in [-0.4, -0.2) is 58.6 Å². The third-order valence-electron chi connectivity index (χ3n) is 4.54. The van der Waals surface area contributed by atoms with Gasteiger partial charge in [-0.3, -0.25) is 15.0 Å².